The molecule has 0 bridgehead atoms. The highest BCUT2D eigenvalue weighted by atomic mass is 16.5. The lowest BCUT2D eigenvalue weighted by molar-refractivity contribution is 0.188. The first-order valence-electron chi connectivity index (χ1n) is 7.21. The molecule has 1 saturated carbocycles. The minimum Gasteiger partial charge on any atom is -0.360 e. The van der Waals surface area contributed by atoms with E-state index in [1.165, 1.54) is 38.6 Å². The van der Waals surface area contributed by atoms with Crippen molar-refractivity contribution in [3.63, 3.8) is 0 Å². The van der Waals surface area contributed by atoms with Gasteiger partial charge in [-0.1, -0.05) is 11.6 Å². The van der Waals surface area contributed by atoms with Gasteiger partial charge in [-0.2, -0.15) is 0 Å². The van der Waals surface area contributed by atoms with Gasteiger partial charge in [-0.3, -0.25) is 4.90 Å². The largest absolute Gasteiger partial charge is 0.360 e. The van der Waals surface area contributed by atoms with Gasteiger partial charge in [0.25, 0.3) is 0 Å². The SMILES string of the molecule is Cc1cc(CN(CC2CCCCN2)C2CC2)on1. The first-order chi connectivity index (χ1) is 8.81. The summed E-state index contributed by atoms with van der Waals surface area (Å²) in [5.41, 5.74) is 0.983. The summed E-state index contributed by atoms with van der Waals surface area (Å²) in [4.78, 5) is 2.57. The number of hydrogen-bond acceptors (Lipinski definition) is 4. The Morgan fingerprint density at radius 1 is 1.39 bits per heavy atom. The zero-order chi connectivity index (χ0) is 12.4. The van der Waals surface area contributed by atoms with Crippen LogP contribution >= 0.6 is 0 Å². The minimum atomic E-state index is 0.670. The van der Waals surface area contributed by atoms with E-state index in [0.717, 1.165) is 30.6 Å². The third-order valence-electron chi connectivity index (χ3n) is 3.97. The molecule has 0 aromatic carbocycles. The Labute approximate surface area is 109 Å². The van der Waals surface area contributed by atoms with E-state index >= 15 is 0 Å². The van der Waals surface area contributed by atoms with Crippen molar-refractivity contribution in [2.75, 3.05) is 13.1 Å². The number of nitrogens with zero attached hydrogens (tertiary/aromatic N) is 2. The van der Waals surface area contributed by atoms with Gasteiger partial charge in [0.15, 0.2) is 5.76 Å². The molecule has 1 N–H and O–H groups in total. The Morgan fingerprint density at radius 3 is 2.89 bits per heavy atom. The van der Waals surface area contributed by atoms with E-state index < -0.39 is 0 Å². The summed E-state index contributed by atoms with van der Waals surface area (Å²) in [5, 5.41) is 7.61. The zero-order valence-corrected chi connectivity index (χ0v) is 11.2. The molecule has 4 heteroatoms. The standard InChI is InChI=1S/C14H23N3O/c1-11-8-14(18-16-11)10-17(13-5-6-13)9-12-4-2-3-7-15-12/h8,12-13,15H,2-7,9-10H2,1H3. The summed E-state index contributed by atoms with van der Waals surface area (Å²) in [6.07, 6.45) is 6.72. The van der Waals surface area contributed by atoms with E-state index in [9.17, 15) is 0 Å². The second-order valence-corrected chi connectivity index (χ2v) is 5.74. The summed E-state index contributed by atoms with van der Waals surface area (Å²) in [7, 11) is 0. The van der Waals surface area contributed by atoms with Crippen molar-refractivity contribution in [2.24, 2.45) is 0 Å². The van der Waals surface area contributed by atoms with Gasteiger partial charge in [-0.15, -0.1) is 0 Å². The highest BCUT2D eigenvalue weighted by Crippen LogP contribution is 2.29. The number of piperidine rings is 1. The molecule has 3 rings (SSSR count). The lowest BCUT2D eigenvalue weighted by Crippen LogP contribution is -2.44. The van der Waals surface area contributed by atoms with Crippen LogP contribution in [0.1, 0.15) is 43.6 Å². The molecule has 4 nitrogen and oxygen atoms in total. The quantitative estimate of drug-likeness (QED) is 0.867. The molecule has 1 unspecified atom stereocenters. The van der Waals surface area contributed by atoms with E-state index in [1.807, 2.05) is 6.92 Å². The van der Waals surface area contributed by atoms with Crippen LogP contribution in [0.2, 0.25) is 0 Å². The molecular formula is C14H23N3O. The molecular weight excluding hydrogens is 226 g/mol. The Bertz CT molecular complexity index is 380. The lowest BCUT2D eigenvalue weighted by Gasteiger charge is -2.30. The predicted octanol–water partition coefficient (Wildman–Crippen LogP) is 2.09. The topological polar surface area (TPSA) is 41.3 Å². The zero-order valence-electron chi connectivity index (χ0n) is 11.2. The monoisotopic (exact) mass is 249 g/mol. The van der Waals surface area contributed by atoms with Crippen LogP contribution in [0.5, 0.6) is 0 Å². The van der Waals surface area contributed by atoms with Crippen LogP contribution in [-0.2, 0) is 6.54 Å². The molecule has 1 aromatic heterocycles. The third-order valence-corrected chi connectivity index (χ3v) is 3.97. The fourth-order valence-electron chi connectivity index (χ4n) is 2.84. The Hall–Kier alpha value is -0.870. The predicted molar refractivity (Wildman–Crippen MR) is 70.3 cm³/mol. The highest BCUT2D eigenvalue weighted by Gasteiger charge is 2.31. The van der Waals surface area contributed by atoms with Crippen LogP contribution in [0.4, 0.5) is 0 Å². The van der Waals surface area contributed by atoms with Crippen molar-refractivity contribution >= 4 is 0 Å². The van der Waals surface area contributed by atoms with Crippen LogP contribution in [0.3, 0.4) is 0 Å². The molecule has 1 aliphatic heterocycles. The van der Waals surface area contributed by atoms with E-state index in [1.54, 1.807) is 0 Å². The molecule has 1 saturated heterocycles. The van der Waals surface area contributed by atoms with Crippen LogP contribution in [0.25, 0.3) is 0 Å². The molecule has 0 amide bonds. The number of rotatable bonds is 5. The maximum atomic E-state index is 5.35. The van der Waals surface area contributed by atoms with Crippen molar-refractivity contribution in [3.8, 4) is 0 Å². The van der Waals surface area contributed by atoms with Crippen molar-refractivity contribution in [1.29, 1.82) is 0 Å². The fourth-order valence-corrected chi connectivity index (χ4v) is 2.84. The molecule has 100 valence electrons. The molecule has 1 atom stereocenters. The second kappa shape index (κ2) is 5.41. The molecule has 1 aromatic rings. The molecule has 1 aliphatic carbocycles. The van der Waals surface area contributed by atoms with Gasteiger partial charge < -0.3 is 9.84 Å². The maximum Gasteiger partial charge on any atom is 0.150 e. The van der Waals surface area contributed by atoms with Crippen molar-refractivity contribution < 1.29 is 4.52 Å². The van der Waals surface area contributed by atoms with Crippen LogP contribution in [-0.4, -0.2) is 35.2 Å². The number of aryl methyl sites for hydroxylation is 1. The molecule has 2 fully saturated rings. The van der Waals surface area contributed by atoms with Crippen molar-refractivity contribution in [2.45, 2.75) is 57.7 Å². The Balaban J connectivity index is 1.57. The van der Waals surface area contributed by atoms with E-state index in [2.05, 4.69) is 21.4 Å². The summed E-state index contributed by atoms with van der Waals surface area (Å²) in [5.74, 6) is 1.01. The van der Waals surface area contributed by atoms with Crippen LogP contribution in [0.15, 0.2) is 10.6 Å². The normalized spacial score (nSPS) is 24.7. The summed E-state index contributed by atoms with van der Waals surface area (Å²) in [6, 6.07) is 3.51. The van der Waals surface area contributed by atoms with Gasteiger partial charge in [0.05, 0.1) is 12.2 Å². The molecule has 0 spiro atoms. The van der Waals surface area contributed by atoms with Crippen molar-refractivity contribution in [1.82, 2.24) is 15.4 Å². The highest BCUT2D eigenvalue weighted by molar-refractivity contribution is 5.04. The minimum absolute atomic E-state index is 0.670. The first kappa shape index (κ1) is 12.2. The summed E-state index contributed by atoms with van der Waals surface area (Å²) < 4.78 is 5.35. The summed E-state index contributed by atoms with van der Waals surface area (Å²) in [6.45, 7) is 5.25. The lowest BCUT2D eigenvalue weighted by atomic mass is 10.0. The first-order valence-corrected chi connectivity index (χ1v) is 7.21. The number of hydrogen-bond donors (Lipinski definition) is 1. The van der Waals surface area contributed by atoms with Gasteiger partial charge in [-0.25, -0.2) is 0 Å². The van der Waals surface area contributed by atoms with Gasteiger partial charge in [-0.05, 0) is 39.2 Å². The van der Waals surface area contributed by atoms with E-state index in [-0.39, 0.29) is 0 Å². The van der Waals surface area contributed by atoms with Gasteiger partial charge >= 0.3 is 0 Å². The summed E-state index contributed by atoms with van der Waals surface area (Å²) >= 11 is 0. The third kappa shape index (κ3) is 3.12. The Morgan fingerprint density at radius 2 is 2.28 bits per heavy atom. The molecule has 18 heavy (non-hydrogen) atoms. The number of aromatic nitrogens is 1. The van der Waals surface area contributed by atoms with Crippen LogP contribution in [0, 0.1) is 6.92 Å². The smallest absolute Gasteiger partial charge is 0.150 e. The average Bonchev–Trinajstić information content (AvgIpc) is 3.15. The Kier molecular flexibility index (Phi) is 3.66. The second-order valence-electron chi connectivity index (χ2n) is 5.74. The maximum absolute atomic E-state index is 5.35. The molecule has 2 heterocycles. The van der Waals surface area contributed by atoms with Gasteiger partial charge in [0, 0.05) is 24.7 Å². The van der Waals surface area contributed by atoms with Crippen molar-refractivity contribution in [3.05, 3.63) is 17.5 Å². The number of nitrogens with one attached hydrogen (secondary N) is 1. The fraction of sp³-hybridized carbons (Fsp3) is 0.786. The molecule has 0 radical (unpaired) electrons. The van der Waals surface area contributed by atoms with E-state index in [0.29, 0.717) is 6.04 Å². The van der Waals surface area contributed by atoms with Gasteiger partial charge in [0.1, 0.15) is 0 Å². The van der Waals surface area contributed by atoms with Gasteiger partial charge in [0.2, 0.25) is 0 Å². The van der Waals surface area contributed by atoms with Crippen LogP contribution < -0.4 is 5.32 Å². The molecule has 2 aliphatic rings. The van der Waals surface area contributed by atoms with E-state index in [4.69, 9.17) is 4.52 Å². The average molecular weight is 249 g/mol.